The normalized spacial score (nSPS) is 13.8. The van der Waals surface area contributed by atoms with Crippen molar-refractivity contribution < 1.29 is 9.50 Å². The lowest BCUT2D eigenvalue weighted by Gasteiger charge is -2.25. The molecule has 0 heterocycles. The van der Waals surface area contributed by atoms with Gasteiger partial charge in [-0.3, -0.25) is 0 Å². The fourth-order valence-electron chi connectivity index (χ4n) is 1.83. The van der Waals surface area contributed by atoms with E-state index >= 15 is 0 Å². The van der Waals surface area contributed by atoms with Gasteiger partial charge >= 0.3 is 0 Å². The summed E-state index contributed by atoms with van der Waals surface area (Å²) in [4.78, 5) is 0. The lowest BCUT2D eigenvalue weighted by Crippen LogP contribution is -2.25. The van der Waals surface area contributed by atoms with Gasteiger partial charge in [0.2, 0.25) is 0 Å². The molecule has 0 saturated carbocycles. The molecule has 0 aliphatic heterocycles. The molecule has 96 valence electrons. The molecular weight excluding hydrogens is 215 g/mol. The summed E-state index contributed by atoms with van der Waals surface area (Å²) in [6.07, 6.45) is 2.19. The Hall–Kier alpha value is -0.890. The molecule has 1 rings (SSSR count). The third-order valence-electron chi connectivity index (χ3n) is 3.23. The maximum Gasteiger partial charge on any atom is 0.123 e. The number of halogens is 1. The van der Waals surface area contributed by atoms with E-state index in [-0.39, 0.29) is 17.3 Å². The summed E-state index contributed by atoms with van der Waals surface area (Å²) in [7, 11) is 0. The Kier molecular flexibility index (Phi) is 4.70. The van der Waals surface area contributed by atoms with Gasteiger partial charge in [0.25, 0.3) is 0 Å². The molecule has 1 aromatic rings. The van der Waals surface area contributed by atoms with E-state index in [1.807, 2.05) is 33.8 Å². The van der Waals surface area contributed by atoms with Gasteiger partial charge in [0.1, 0.15) is 5.82 Å². The summed E-state index contributed by atoms with van der Waals surface area (Å²) in [5.74, 6) is -0.179. The van der Waals surface area contributed by atoms with Crippen molar-refractivity contribution in [1.29, 1.82) is 0 Å². The van der Waals surface area contributed by atoms with Gasteiger partial charge in [-0.2, -0.15) is 0 Å². The van der Waals surface area contributed by atoms with Crippen LogP contribution in [0.2, 0.25) is 0 Å². The van der Waals surface area contributed by atoms with Gasteiger partial charge in [-0.25, -0.2) is 4.39 Å². The van der Waals surface area contributed by atoms with Crippen LogP contribution >= 0.6 is 0 Å². The molecule has 1 aromatic carbocycles. The Morgan fingerprint density at radius 1 is 1.29 bits per heavy atom. The first kappa shape index (κ1) is 14.2. The Balaban J connectivity index is 2.49. The molecule has 0 radical (unpaired) electrons. The summed E-state index contributed by atoms with van der Waals surface area (Å²) in [6, 6.07) is 4.90. The first-order chi connectivity index (χ1) is 7.80. The van der Waals surface area contributed by atoms with E-state index in [0.29, 0.717) is 0 Å². The molecule has 0 aliphatic rings. The zero-order valence-electron chi connectivity index (χ0n) is 11.3. The summed E-state index contributed by atoms with van der Waals surface area (Å²) in [5.41, 5.74) is 2.10. The van der Waals surface area contributed by atoms with Gasteiger partial charge in [-0.1, -0.05) is 26.8 Å². The second-order valence-electron chi connectivity index (χ2n) is 5.84. The lowest BCUT2D eigenvalue weighted by molar-refractivity contribution is 0.0540. The molecule has 1 unspecified atom stereocenters. The van der Waals surface area contributed by atoms with Crippen molar-refractivity contribution in [1.82, 2.24) is 0 Å². The van der Waals surface area contributed by atoms with E-state index in [1.165, 1.54) is 6.07 Å². The average Bonchev–Trinajstić information content (AvgIpc) is 2.21. The maximum atomic E-state index is 13.1. The fraction of sp³-hybridized carbons (Fsp3) is 0.600. The topological polar surface area (TPSA) is 20.2 Å². The van der Waals surface area contributed by atoms with Crippen molar-refractivity contribution in [3.8, 4) is 0 Å². The molecule has 0 saturated heterocycles. The molecule has 0 aromatic heterocycles. The van der Waals surface area contributed by atoms with Crippen LogP contribution in [0.4, 0.5) is 4.39 Å². The summed E-state index contributed by atoms with van der Waals surface area (Å²) >= 11 is 0. The number of rotatable bonds is 4. The van der Waals surface area contributed by atoms with Crippen molar-refractivity contribution >= 4 is 0 Å². The third-order valence-corrected chi connectivity index (χ3v) is 3.23. The molecule has 1 N–H and O–H groups in total. The van der Waals surface area contributed by atoms with Crippen molar-refractivity contribution in [3.63, 3.8) is 0 Å². The van der Waals surface area contributed by atoms with E-state index in [9.17, 15) is 9.50 Å². The van der Waals surface area contributed by atoms with Gasteiger partial charge in [0, 0.05) is 0 Å². The largest absolute Gasteiger partial charge is 0.393 e. The molecule has 2 heteroatoms. The Bertz CT molecular complexity index is 366. The van der Waals surface area contributed by atoms with E-state index in [4.69, 9.17) is 0 Å². The van der Waals surface area contributed by atoms with Crippen LogP contribution in [-0.2, 0) is 6.42 Å². The highest BCUT2D eigenvalue weighted by Crippen LogP contribution is 2.23. The zero-order valence-corrected chi connectivity index (χ0v) is 11.3. The van der Waals surface area contributed by atoms with Crippen LogP contribution < -0.4 is 0 Å². The minimum Gasteiger partial charge on any atom is -0.393 e. The minimum absolute atomic E-state index is 0.0724. The number of aliphatic hydroxyl groups excluding tert-OH is 1. The van der Waals surface area contributed by atoms with Crippen LogP contribution in [0, 0.1) is 18.2 Å². The first-order valence-corrected chi connectivity index (χ1v) is 6.24. The Morgan fingerprint density at radius 2 is 1.94 bits per heavy atom. The summed E-state index contributed by atoms with van der Waals surface area (Å²) < 4.78 is 13.1. The van der Waals surface area contributed by atoms with E-state index in [1.54, 1.807) is 6.07 Å². The predicted octanol–water partition coefficient (Wildman–Crippen LogP) is 3.86. The molecule has 1 atom stereocenters. The second-order valence-corrected chi connectivity index (χ2v) is 5.84. The molecule has 0 aliphatic carbocycles. The van der Waals surface area contributed by atoms with Crippen molar-refractivity contribution in [2.24, 2.45) is 5.41 Å². The zero-order chi connectivity index (χ0) is 13.1. The molecular formula is C15H23FO. The van der Waals surface area contributed by atoms with E-state index in [0.717, 1.165) is 30.4 Å². The standard InChI is InChI=1S/C15H23FO/c1-11-8-9-13(16)10-12(11)6-5-7-14(17)15(2,3)4/h8-10,14,17H,5-7H2,1-4H3. The Morgan fingerprint density at radius 3 is 2.53 bits per heavy atom. The highest BCUT2D eigenvalue weighted by molar-refractivity contribution is 5.26. The number of aryl methyl sites for hydroxylation is 2. The van der Waals surface area contributed by atoms with Gasteiger partial charge in [0.15, 0.2) is 0 Å². The van der Waals surface area contributed by atoms with Crippen LogP contribution in [0.3, 0.4) is 0 Å². The molecule has 0 fully saturated rings. The van der Waals surface area contributed by atoms with Crippen molar-refractivity contribution in [2.75, 3.05) is 0 Å². The fourth-order valence-corrected chi connectivity index (χ4v) is 1.83. The van der Waals surface area contributed by atoms with Crippen molar-refractivity contribution in [3.05, 3.63) is 35.1 Å². The number of hydrogen-bond acceptors (Lipinski definition) is 1. The predicted molar refractivity (Wildman–Crippen MR) is 69.5 cm³/mol. The molecule has 17 heavy (non-hydrogen) atoms. The molecule has 0 bridgehead atoms. The highest BCUT2D eigenvalue weighted by Gasteiger charge is 2.21. The third kappa shape index (κ3) is 4.47. The Labute approximate surface area is 104 Å². The molecule has 1 nitrogen and oxygen atoms in total. The highest BCUT2D eigenvalue weighted by atomic mass is 19.1. The minimum atomic E-state index is -0.295. The van der Waals surface area contributed by atoms with Crippen LogP contribution in [0.1, 0.15) is 44.7 Å². The van der Waals surface area contributed by atoms with Gasteiger partial charge in [0.05, 0.1) is 6.10 Å². The summed E-state index contributed by atoms with van der Waals surface area (Å²) in [5, 5.41) is 9.91. The SMILES string of the molecule is Cc1ccc(F)cc1CCCC(O)C(C)(C)C. The smallest absolute Gasteiger partial charge is 0.123 e. The van der Waals surface area contributed by atoms with E-state index < -0.39 is 0 Å². The quantitative estimate of drug-likeness (QED) is 0.844. The van der Waals surface area contributed by atoms with Crippen LogP contribution in [0.5, 0.6) is 0 Å². The monoisotopic (exact) mass is 238 g/mol. The number of benzene rings is 1. The van der Waals surface area contributed by atoms with Crippen LogP contribution in [-0.4, -0.2) is 11.2 Å². The maximum absolute atomic E-state index is 13.1. The van der Waals surface area contributed by atoms with Gasteiger partial charge in [-0.05, 0) is 54.9 Å². The van der Waals surface area contributed by atoms with Crippen LogP contribution in [0.15, 0.2) is 18.2 Å². The summed E-state index contributed by atoms with van der Waals surface area (Å²) in [6.45, 7) is 8.09. The number of hydrogen-bond donors (Lipinski definition) is 1. The van der Waals surface area contributed by atoms with Gasteiger partial charge < -0.3 is 5.11 Å². The average molecular weight is 238 g/mol. The van der Waals surface area contributed by atoms with Crippen molar-refractivity contribution in [2.45, 2.75) is 53.1 Å². The number of aliphatic hydroxyl groups is 1. The molecule has 0 amide bonds. The molecule has 0 spiro atoms. The van der Waals surface area contributed by atoms with E-state index in [2.05, 4.69) is 0 Å². The van der Waals surface area contributed by atoms with Gasteiger partial charge in [-0.15, -0.1) is 0 Å². The second kappa shape index (κ2) is 5.63. The lowest BCUT2D eigenvalue weighted by atomic mass is 9.86. The first-order valence-electron chi connectivity index (χ1n) is 6.24. The van der Waals surface area contributed by atoms with Crippen LogP contribution in [0.25, 0.3) is 0 Å².